The zero-order chi connectivity index (χ0) is 17.5. The largest absolute Gasteiger partial charge is 0.349 e. The summed E-state index contributed by atoms with van der Waals surface area (Å²) in [4.78, 5) is 14.8. The Labute approximate surface area is 152 Å². The first-order chi connectivity index (χ1) is 11.6. The number of nitrogens with zero attached hydrogens (tertiary/aromatic N) is 2. The molecule has 1 amide bonds. The van der Waals surface area contributed by atoms with Crippen LogP contribution in [0.4, 0.5) is 0 Å². The number of halogens is 1. The molecular weight excluding hydrogens is 368 g/mol. The van der Waals surface area contributed by atoms with E-state index in [2.05, 4.69) is 74.5 Å². The zero-order valence-corrected chi connectivity index (χ0v) is 16.1. The molecular formula is C18H25BrN4O. The van der Waals surface area contributed by atoms with Gasteiger partial charge in [-0.3, -0.25) is 14.8 Å². The molecule has 1 aromatic carbocycles. The lowest BCUT2D eigenvalue weighted by Gasteiger charge is -2.30. The smallest absolute Gasteiger partial charge is 0.273 e. The highest BCUT2D eigenvalue weighted by Gasteiger charge is 2.20. The molecule has 2 N–H and O–H groups in total. The lowest BCUT2D eigenvalue weighted by molar-refractivity contribution is 0.0929. The summed E-state index contributed by atoms with van der Waals surface area (Å²) < 4.78 is 0.724. The van der Waals surface area contributed by atoms with Crippen molar-refractivity contribution in [1.29, 1.82) is 0 Å². The van der Waals surface area contributed by atoms with Crippen LogP contribution in [0.15, 0.2) is 34.8 Å². The third-order valence-corrected chi connectivity index (χ3v) is 5.20. The van der Waals surface area contributed by atoms with E-state index in [0.717, 1.165) is 29.7 Å². The summed E-state index contributed by atoms with van der Waals surface area (Å²) >= 11 is 3.40. The molecule has 1 atom stereocenters. The molecule has 0 aliphatic rings. The molecule has 0 fully saturated rings. The Morgan fingerprint density at radius 1 is 1.29 bits per heavy atom. The Morgan fingerprint density at radius 3 is 2.50 bits per heavy atom. The Morgan fingerprint density at radius 2 is 1.96 bits per heavy atom. The first-order valence-corrected chi connectivity index (χ1v) is 9.12. The summed E-state index contributed by atoms with van der Waals surface area (Å²) in [5, 5.41) is 9.92. The van der Waals surface area contributed by atoms with Gasteiger partial charge in [-0.05, 0) is 47.9 Å². The number of rotatable bonds is 8. The molecule has 0 aliphatic carbocycles. The topological polar surface area (TPSA) is 61.0 Å². The minimum Gasteiger partial charge on any atom is -0.349 e. The average molecular weight is 393 g/mol. The summed E-state index contributed by atoms with van der Waals surface area (Å²) in [5.74, 6) is -0.156. The summed E-state index contributed by atoms with van der Waals surface area (Å²) in [5.41, 5.74) is 2.54. The van der Waals surface area contributed by atoms with Gasteiger partial charge in [0.25, 0.3) is 5.91 Å². The fraction of sp³-hybridized carbons (Fsp3) is 0.444. The number of aromatic amines is 1. The Balaban J connectivity index is 2.05. The van der Waals surface area contributed by atoms with Crippen LogP contribution in [0.5, 0.6) is 0 Å². The molecule has 6 heteroatoms. The molecule has 0 saturated heterocycles. The van der Waals surface area contributed by atoms with Crippen LogP contribution in [0.2, 0.25) is 0 Å². The van der Waals surface area contributed by atoms with Crippen molar-refractivity contribution in [2.45, 2.75) is 33.2 Å². The van der Waals surface area contributed by atoms with E-state index in [0.29, 0.717) is 12.2 Å². The fourth-order valence-electron chi connectivity index (χ4n) is 2.82. The van der Waals surface area contributed by atoms with Crippen LogP contribution in [0, 0.1) is 6.92 Å². The highest BCUT2D eigenvalue weighted by molar-refractivity contribution is 9.10. The van der Waals surface area contributed by atoms with Crippen molar-refractivity contribution in [3.8, 4) is 0 Å². The third kappa shape index (κ3) is 4.68. The number of nitrogens with one attached hydrogen (secondary N) is 2. The maximum atomic E-state index is 12.4. The third-order valence-electron chi connectivity index (χ3n) is 4.23. The van der Waals surface area contributed by atoms with Crippen molar-refractivity contribution >= 4 is 21.8 Å². The Bertz CT molecular complexity index is 652. The number of carbonyl (C=O) groups is 1. The second-order valence-electron chi connectivity index (χ2n) is 5.79. The minimum absolute atomic E-state index is 0.156. The summed E-state index contributed by atoms with van der Waals surface area (Å²) in [6.45, 7) is 8.67. The first-order valence-electron chi connectivity index (χ1n) is 8.33. The average Bonchev–Trinajstić information content (AvgIpc) is 2.93. The number of aromatic nitrogens is 2. The van der Waals surface area contributed by atoms with Crippen LogP contribution >= 0.6 is 15.9 Å². The van der Waals surface area contributed by atoms with Gasteiger partial charge in [0.2, 0.25) is 0 Å². The van der Waals surface area contributed by atoms with Gasteiger partial charge in [0, 0.05) is 18.3 Å². The molecule has 0 unspecified atom stereocenters. The first kappa shape index (κ1) is 18.7. The second-order valence-corrected chi connectivity index (χ2v) is 6.58. The van der Waals surface area contributed by atoms with E-state index >= 15 is 0 Å². The van der Waals surface area contributed by atoms with Crippen molar-refractivity contribution in [3.05, 3.63) is 51.8 Å². The number of carbonyl (C=O) groups excluding carboxylic acids is 1. The SMILES string of the molecule is CCN(CC)[C@H](CNC(=O)c1n[nH]c(C)c1Br)Cc1ccccc1. The quantitative estimate of drug-likeness (QED) is 0.724. The number of H-pyrrole nitrogens is 1. The van der Waals surface area contributed by atoms with Crippen LogP contribution in [0.3, 0.4) is 0 Å². The minimum atomic E-state index is -0.156. The number of hydrogen-bond donors (Lipinski definition) is 2. The van der Waals surface area contributed by atoms with Gasteiger partial charge in [0.05, 0.1) is 4.47 Å². The summed E-state index contributed by atoms with van der Waals surface area (Å²) in [7, 11) is 0. The molecule has 1 heterocycles. The van der Waals surface area contributed by atoms with Gasteiger partial charge in [-0.2, -0.15) is 5.10 Å². The Hall–Kier alpha value is -1.66. The molecule has 1 aromatic heterocycles. The molecule has 0 aliphatic heterocycles. The number of hydrogen-bond acceptors (Lipinski definition) is 3. The molecule has 5 nitrogen and oxygen atoms in total. The maximum absolute atomic E-state index is 12.4. The lowest BCUT2D eigenvalue weighted by Crippen LogP contribution is -2.45. The molecule has 0 saturated carbocycles. The van der Waals surface area contributed by atoms with Crippen LogP contribution in [0.25, 0.3) is 0 Å². The van der Waals surface area contributed by atoms with Gasteiger partial charge in [-0.25, -0.2) is 0 Å². The number of benzene rings is 1. The molecule has 0 spiro atoms. The molecule has 130 valence electrons. The van der Waals surface area contributed by atoms with E-state index in [1.807, 2.05) is 13.0 Å². The highest BCUT2D eigenvalue weighted by atomic mass is 79.9. The van der Waals surface area contributed by atoms with E-state index in [4.69, 9.17) is 0 Å². The predicted molar refractivity (Wildman–Crippen MR) is 100 cm³/mol. The van der Waals surface area contributed by atoms with Gasteiger partial charge >= 0.3 is 0 Å². The molecule has 2 rings (SSSR count). The van der Waals surface area contributed by atoms with Crippen LogP contribution in [-0.2, 0) is 6.42 Å². The number of amides is 1. The number of likely N-dealkylation sites (N-methyl/N-ethyl adjacent to an activating group) is 1. The predicted octanol–water partition coefficient (Wildman–Crippen LogP) is 3.16. The molecule has 0 bridgehead atoms. The van der Waals surface area contributed by atoms with Crippen LogP contribution in [0.1, 0.15) is 35.6 Å². The Kier molecular flexibility index (Phi) is 6.99. The second kappa shape index (κ2) is 8.99. The number of aryl methyl sites for hydroxylation is 1. The van der Waals surface area contributed by atoms with E-state index in [9.17, 15) is 4.79 Å². The highest BCUT2D eigenvalue weighted by Crippen LogP contribution is 2.18. The van der Waals surface area contributed by atoms with E-state index < -0.39 is 0 Å². The van der Waals surface area contributed by atoms with E-state index in [1.54, 1.807) is 0 Å². The van der Waals surface area contributed by atoms with Crippen molar-refractivity contribution < 1.29 is 4.79 Å². The summed E-state index contributed by atoms with van der Waals surface area (Å²) in [6, 6.07) is 10.6. The van der Waals surface area contributed by atoms with Gasteiger partial charge in [-0.1, -0.05) is 44.2 Å². The zero-order valence-electron chi connectivity index (χ0n) is 14.5. The van der Waals surface area contributed by atoms with Crippen molar-refractivity contribution in [1.82, 2.24) is 20.4 Å². The molecule has 24 heavy (non-hydrogen) atoms. The van der Waals surface area contributed by atoms with E-state index in [1.165, 1.54) is 5.56 Å². The normalized spacial score (nSPS) is 12.4. The van der Waals surface area contributed by atoms with Crippen LogP contribution < -0.4 is 5.32 Å². The standard InChI is InChI=1S/C18H25BrN4O/c1-4-23(5-2)15(11-14-9-7-6-8-10-14)12-20-18(24)17-16(19)13(3)21-22-17/h6-10,15H,4-5,11-12H2,1-3H3,(H,20,24)(H,21,22)/t15-/m0/s1. The van der Waals surface area contributed by atoms with Gasteiger partial charge < -0.3 is 5.32 Å². The monoisotopic (exact) mass is 392 g/mol. The molecule has 0 radical (unpaired) electrons. The van der Waals surface area contributed by atoms with Crippen molar-refractivity contribution in [3.63, 3.8) is 0 Å². The van der Waals surface area contributed by atoms with Gasteiger partial charge in [0.1, 0.15) is 0 Å². The van der Waals surface area contributed by atoms with Gasteiger partial charge in [-0.15, -0.1) is 0 Å². The fourth-order valence-corrected chi connectivity index (χ4v) is 3.17. The van der Waals surface area contributed by atoms with E-state index in [-0.39, 0.29) is 11.9 Å². The summed E-state index contributed by atoms with van der Waals surface area (Å²) in [6.07, 6.45) is 0.906. The van der Waals surface area contributed by atoms with Gasteiger partial charge in [0.15, 0.2) is 5.69 Å². The van der Waals surface area contributed by atoms with Crippen molar-refractivity contribution in [2.24, 2.45) is 0 Å². The maximum Gasteiger partial charge on any atom is 0.273 e. The van der Waals surface area contributed by atoms with Crippen molar-refractivity contribution in [2.75, 3.05) is 19.6 Å². The lowest BCUT2D eigenvalue weighted by atomic mass is 10.0. The molecule has 2 aromatic rings. The van der Waals surface area contributed by atoms with Crippen LogP contribution in [-0.4, -0.2) is 46.7 Å².